The summed E-state index contributed by atoms with van der Waals surface area (Å²) >= 11 is 0. The standard InChI is InChI=1S/C16H23N3O3.ClH/c1-18(12-16(21)19-8-6-17-7-9-19)15(20)11-13-4-3-5-14(10-13)22-2;/h3-5,10,17H,6-9,11-12H2,1-2H3;1H. The number of benzene rings is 1. The molecule has 1 N–H and O–H groups in total. The van der Waals surface area contributed by atoms with Crippen LogP contribution < -0.4 is 10.1 Å². The summed E-state index contributed by atoms with van der Waals surface area (Å²) in [6.07, 6.45) is 0.266. The van der Waals surface area contributed by atoms with E-state index in [1.807, 2.05) is 24.3 Å². The number of halogens is 1. The molecule has 6 nitrogen and oxygen atoms in total. The highest BCUT2D eigenvalue weighted by Crippen LogP contribution is 2.13. The fourth-order valence-corrected chi connectivity index (χ4v) is 2.40. The van der Waals surface area contributed by atoms with Gasteiger partial charge >= 0.3 is 0 Å². The number of amides is 2. The second-order valence-electron chi connectivity index (χ2n) is 5.41. The van der Waals surface area contributed by atoms with Crippen molar-refractivity contribution in [3.8, 4) is 5.75 Å². The molecule has 128 valence electrons. The number of likely N-dealkylation sites (N-methyl/N-ethyl adjacent to an activating group) is 1. The van der Waals surface area contributed by atoms with Gasteiger partial charge < -0.3 is 19.9 Å². The Morgan fingerprint density at radius 2 is 2.00 bits per heavy atom. The van der Waals surface area contributed by atoms with Crippen molar-refractivity contribution < 1.29 is 14.3 Å². The molecule has 0 bridgehead atoms. The van der Waals surface area contributed by atoms with E-state index in [1.54, 1.807) is 19.1 Å². The van der Waals surface area contributed by atoms with Crippen LogP contribution in [0.5, 0.6) is 5.75 Å². The Morgan fingerprint density at radius 3 is 2.65 bits per heavy atom. The number of rotatable bonds is 5. The van der Waals surface area contributed by atoms with E-state index in [9.17, 15) is 9.59 Å². The van der Waals surface area contributed by atoms with Gasteiger partial charge in [0.05, 0.1) is 20.1 Å². The van der Waals surface area contributed by atoms with Crippen LogP contribution in [0, 0.1) is 0 Å². The molecule has 1 aromatic rings. The molecule has 1 aromatic carbocycles. The van der Waals surface area contributed by atoms with Gasteiger partial charge in [-0.3, -0.25) is 9.59 Å². The molecule has 1 aliphatic rings. The van der Waals surface area contributed by atoms with Crippen molar-refractivity contribution in [1.29, 1.82) is 0 Å². The third kappa shape index (κ3) is 5.73. The van der Waals surface area contributed by atoms with E-state index < -0.39 is 0 Å². The smallest absolute Gasteiger partial charge is 0.242 e. The van der Waals surface area contributed by atoms with Crippen LogP contribution in [0.15, 0.2) is 24.3 Å². The fourth-order valence-electron chi connectivity index (χ4n) is 2.40. The average molecular weight is 342 g/mol. The first-order chi connectivity index (χ1) is 10.6. The molecule has 23 heavy (non-hydrogen) atoms. The molecule has 1 fully saturated rings. The molecular formula is C16H24ClN3O3. The van der Waals surface area contributed by atoms with Crippen molar-refractivity contribution in [3.05, 3.63) is 29.8 Å². The minimum absolute atomic E-state index is 0. The Balaban J connectivity index is 0.00000264. The van der Waals surface area contributed by atoms with Gasteiger partial charge in [-0.25, -0.2) is 0 Å². The number of nitrogens with one attached hydrogen (secondary N) is 1. The second-order valence-corrected chi connectivity index (χ2v) is 5.41. The van der Waals surface area contributed by atoms with Crippen molar-refractivity contribution in [2.45, 2.75) is 6.42 Å². The molecule has 0 radical (unpaired) electrons. The number of methoxy groups -OCH3 is 1. The lowest BCUT2D eigenvalue weighted by molar-refractivity contribution is -0.139. The third-order valence-corrected chi connectivity index (χ3v) is 3.76. The molecule has 1 aliphatic heterocycles. The molecule has 0 spiro atoms. The van der Waals surface area contributed by atoms with Crippen LogP contribution in [0.25, 0.3) is 0 Å². The Kier molecular flexibility index (Phi) is 7.85. The van der Waals surface area contributed by atoms with Gasteiger partial charge in [0, 0.05) is 33.2 Å². The van der Waals surface area contributed by atoms with Gasteiger partial charge in [-0.2, -0.15) is 0 Å². The van der Waals surface area contributed by atoms with Crippen LogP contribution in [-0.2, 0) is 16.0 Å². The molecular weight excluding hydrogens is 318 g/mol. The zero-order valence-corrected chi connectivity index (χ0v) is 14.4. The van der Waals surface area contributed by atoms with E-state index in [1.165, 1.54) is 4.90 Å². The molecule has 1 heterocycles. The zero-order chi connectivity index (χ0) is 15.9. The van der Waals surface area contributed by atoms with Crippen LogP contribution in [0.1, 0.15) is 5.56 Å². The highest BCUT2D eigenvalue weighted by atomic mass is 35.5. The normalized spacial score (nSPS) is 13.9. The summed E-state index contributed by atoms with van der Waals surface area (Å²) < 4.78 is 5.15. The molecule has 0 aromatic heterocycles. The van der Waals surface area contributed by atoms with E-state index in [2.05, 4.69) is 5.32 Å². The van der Waals surface area contributed by atoms with Gasteiger partial charge in [-0.15, -0.1) is 12.4 Å². The first-order valence-corrected chi connectivity index (χ1v) is 7.45. The molecule has 0 atom stereocenters. The van der Waals surface area contributed by atoms with Crippen LogP contribution in [0.3, 0.4) is 0 Å². The maximum absolute atomic E-state index is 12.2. The van der Waals surface area contributed by atoms with Gasteiger partial charge in [0.15, 0.2) is 0 Å². The quantitative estimate of drug-likeness (QED) is 0.849. The molecule has 1 saturated heterocycles. The predicted octanol–water partition coefficient (Wildman–Crippen LogP) is 0.550. The molecule has 0 aliphatic carbocycles. The number of carbonyl (C=O) groups is 2. The van der Waals surface area contributed by atoms with Crippen molar-refractivity contribution in [3.63, 3.8) is 0 Å². The first kappa shape index (κ1) is 19.3. The van der Waals surface area contributed by atoms with E-state index >= 15 is 0 Å². The minimum Gasteiger partial charge on any atom is -0.497 e. The average Bonchev–Trinajstić information content (AvgIpc) is 2.55. The van der Waals surface area contributed by atoms with Gasteiger partial charge in [0.2, 0.25) is 11.8 Å². The Hall–Kier alpha value is -1.79. The van der Waals surface area contributed by atoms with Gasteiger partial charge in [-0.1, -0.05) is 12.1 Å². The van der Waals surface area contributed by atoms with E-state index in [4.69, 9.17) is 4.74 Å². The number of piperazine rings is 1. The van der Waals surface area contributed by atoms with Crippen LogP contribution in [0.2, 0.25) is 0 Å². The Morgan fingerprint density at radius 1 is 1.30 bits per heavy atom. The summed E-state index contributed by atoms with van der Waals surface area (Å²) in [6.45, 7) is 3.16. The summed E-state index contributed by atoms with van der Waals surface area (Å²) in [6, 6.07) is 7.41. The van der Waals surface area contributed by atoms with Gasteiger partial charge in [0.25, 0.3) is 0 Å². The highest BCUT2D eigenvalue weighted by molar-refractivity contribution is 5.86. The second kappa shape index (κ2) is 9.37. The molecule has 2 amide bonds. The summed E-state index contributed by atoms with van der Waals surface area (Å²) in [5.41, 5.74) is 0.880. The van der Waals surface area contributed by atoms with Crippen molar-refractivity contribution in [2.75, 3.05) is 46.9 Å². The number of hydrogen-bond donors (Lipinski definition) is 1. The maximum Gasteiger partial charge on any atom is 0.242 e. The highest BCUT2D eigenvalue weighted by Gasteiger charge is 2.20. The topological polar surface area (TPSA) is 61.9 Å². The van der Waals surface area contributed by atoms with Gasteiger partial charge in [0.1, 0.15) is 5.75 Å². The molecule has 0 unspecified atom stereocenters. The van der Waals surface area contributed by atoms with Crippen molar-refractivity contribution in [2.24, 2.45) is 0 Å². The van der Waals surface area contributed by atoms with Crippen LogP contribution in [0.4, 0.5) is 0 Å². The number of nitrogens with zero attached hydrogens (tertiary/aromatic N) is 2. The first-order valence-electron chi connectivity index (χ1n) is 7.45. The lowest BCUT2D eigenvalue weighted by Gasteiger charge is -2.29. The largest absolute Gasteiger partial charge is 0.497 e. The molecule has 7 heteroatoms. The minimum atomic E-state index is -0.0725. The lowest BCUT2D eigenvalue weighted by atomic mass is 10.1. The van der Waals surface area contributed by atoms with Crippen LogP contribution in [-0.4, -0.2) is 68.5 Å². The van der Waals surface area contributed by atoms with Gasteiger partial charge in [-0.05, 0) is 17.7 Å². The molecule has 0 saturated carbocycles. The number of ether oxygens (including phenoxy) is 1. The lowest BCUT2D eigenvalue weighted by Crippen LogP contribution is -2.49. The third-order valence-electron chi connectivity index (χ3n) is 3.76. The maximum atomic E-state index is 12.2. The summed E-state index contributed by atoms with van der Waals surface area (Å²) in [4.78, 5) is 27.7. The number of carbonyl (C=O) groups excluding carboxylic acids is 2. The van der Waals surface area contributed by atoms with E-state index in [-0.39, 0.29) is 37.2 Å². The predicted molar refractivity (Wildman–Crippen MR) is 91.0 cm³/mol. The SMILES string of the molecule is COc1cccc(CC(=O)N(C)CC(=O)N2CCNCC2)c1.Cl. The fraction of sp³-hybridized carbons (Fsp3) is 0.500. The van der Waals surface area contributed by atoms with Crippen molar-refractivity contribution in [1.82, 2.24) is 15.1 Å². The summed E-state index contributed by atoms with van der Waals surface area (Å²) in [5.74, 6) is 0.657. The van der Waals surface area contributed by atoms with E-state index in [0.29, 0.717) is 13.1 Å². The Labute approximate surface area is 143 Å². The summed E-state index contributed by atoms with van der Waals surface area (Å²) in [7, 11) is 3.27. The van der Waals surface area contributed by atoms with Crippen LogP contribution >= 0.6 is 12.4 Å². The zero-order valence-electron chi connectivity index (χ0n) is 13.6. The van der Waals surface area contributed by atoms with E-state index in [0.717, 1.165) is 24.4 Å². The summed E-state index contributed by atoms with van der Waals surface area (Å²) in [5, 5.41) is 3.20. The molecule has 2 rings (SSSR count). The Bertz CT molecular complexity index is 533. The monoisotopic (exact) mass is 341 g/mol. The van der Waals surface area contributed by atoms with Crippen molar-refractivity contribution >= 4 is 24.2 Å². The number of hydrogen-bond acceptors (Lipinski definition) is 4.